The third kappa shape index (κ3) is 4.01. The molecule has 0 aliphatic rings. The van der Waals surface area contributed by atoms with Crippen LogP contribution in [0.1, 0.15) is 17.2 Å². The number of benzene rings is 1. The molecule has 0 aliphatic carbocycles. The highest BCUT2D eigenvalue weighted by atomic mass is 32.1. The number of nitrogens with one attached hydrogen (secondary N) is 2. The molecule has 0 fully saturated rings. The number of aromatic nitrogens is 2. The summed E-state index contributed by atoms with van der Waals surface area (Å²) in [7, 11) is 0. The van der Waals surface area contributed by atoms with Crippen molar-refractivity contribution in [1.82, 2.24) is 15.5 Å². The van der Waals surface area contributed by atoms with E-state index in [0.29, 0.717) is 5.13 Å². The van der Waals surface area contributed by atoms with Crippen molar-refractivity contribution in [2.75, 3.05) is 11.9 Å². The summed E-state index contributed by atoms with van der Waals surface area (Å²) in [6, 6.07) is 7.09. The molecule has 2 aromatic rings. The van der Waals surface area contributed by atoms with Gasteiger partial charge < -0.3 is 10.4 Å². The van der Waals surface area contributed by atoms with Gasteiger partial charge in [0.2, 0.25) is 5.13 Å². The van der Waals surface area contributed by atoms with Crippen LogP contribution in [-0.4, -0.2) is 27.9 Å². The number of rotatable bonds is 4. The lowest BCUT2D eigenvalue weighted by molar-refractivity contribution is 0.175. The van der Waals surface area contributed by atoms with Gasteiger partial charge in [0, 0.05) is 6.54 Å². The van der Waals surface area contributed by atoms with Crippen molar-refractivity contribution in [3.63, 3.8) is 0 Å². The van der Waals surface area contributed by atoms with Crippen LogP contribution < -0.4 is 10.6 Å². The van der Waals surface area contributed by atoms with Crippen molar-refractivity contribution in [1.29, 1.82) is 0 Å². The monoisotopic (exact) mass is 278 g/mol. The summed E-state index contributed by atoms with van der Waals surface area (Å²) < 4.78 is 0. The van der Waals surface area contributed by atoms with E-state index in [1.54, 1.807) is 0 Å². The van der Waals surface area contributed by atoms with Crippen LogP contribution in [0.2, 0.25) is 0 Å². The topological polar surface area (TPSA) is 87.1 Å². The van der Waals surface area contributed by atoms with E-state index >= 15 is 0 Å². The van der Waals surface area contributed by atoms with E-state index in [0.717, 1.165) is 11.1 Å². The van der Waals surface area contributed by atoms with Gasteiger partial charge in [0.15, 0.2) is 0 Å². The smallest absolute Gasteiger partial charge is 0.321 e. The normalized spacial score (nSPS) is 11.9. The molecule has 1 heterocycles. The van der Waals surface area contributed by atoms with E-state index < -0.39 is 12.1 Å². The Kier molecular flexibility index (Phi) is 4.43. The first kappa shape index (κ1) is 13.4. The number of amides is 2. The van der Waals surface area contributed by atoms with Gasteiger partial charge in [-0.05, 0) is 12.5 Å². The molecule has 2 amide bonds. The Labute approximate surface area is 114 Å². The summed E-state index contributed by atoms with van der Waals surface area (Å²) in [5.41, 5.74) is 3.41. The quantitative estimate of drug-likeness (QED) is 0.794. The number of hydrogen-bond donors (Lipinski definition) is 3. The second-order valence-electron chi connectivity index (χ2n) is 4.01. The molecule has 1 aromatic carbocycles. The number of aliphatic hydroxyl groups is 1. The Balaban J connectivity index is 1.81. The minimum atomic E-state index is -0.735. The third-order valence-electron chi connectivity index (χ3n) is 2.50. The Morgan fingerprint density at radius 1 is 1.42 bits per heavy atom. The zero-order chi connectivity index (χ0) is 13.7. The fourth-order valence-corrected chi connectivity index (χ4v) is 1.90. The van der Waals surface area contributed by atoms with Gasteiger partial charge >= 0.3 is 6.03 Å². The third-order valence-corrected chi connectivity index (χ3v) is 3.11. The fraction of sp³-hybridized carbons (Fsp3) is 0.250. The van der Waals surface area contributed by atoms with E-state index in [-0.39, 0.29) is 6.54 Å². The molecule has 2 rings (SSSR count). The lowest BCUT2D eigenvalue weighted by Gasteiger charge is -2.12. The molecule has 0 aliphatic heterocycles. The summed E-state index contributed by atoms with van der Waals surface area (Å²) >= 11 is 1.23. The minimum absolute atomic E-state index is 0.133. The summed E-state index contributed by atoms with van der Waals surface area (Å²) in [6.07, 6.45) is -0.735. The Morgan fingerprint density at radius 2 is 2.16 bits per heavy atom. The molecule has 3 N–H and O–H groups in total. The molecule has 7 heteroatoms. The van der Waals surface area contributed by atoms with Gasteiger partial charge in [-0.3, -0.25) is 5.32 Å². The van der Waals surface area contributed by atoms with Crippen LogP contribution >= 0.6 is 11.3 Å². The summed E-state index contributed by atoms with van der Waals surface area (Å²) in [6.45, 7) is 2.11. The predicted octanol–water partition coefficient (Wildman–Crippen LogP) is 1.70. The highest BCUT2D eigenvalue weighted by Crippen LogP contribution is 2.13. The molecule has 0 radical (unpaired) electrons. The van der Waals surface area contributed by atoms with Crippen LogP contribution in [0.3, 0.4) is 0 Å². The molecular formula is C12H14N4O2S. The molecular weight excluding hydrogens is 264 g/mol. The average Bonchev–Trinajstić information content (AvgIpc) is 2.89. The van der Waals surface area contributed by atoms with Gasteiger partial charge in [-0.25, -0.2) is 4.79 Å². The highest BCUT2D eigenvalue weighted by molar-refractivity contribution is 7.13. The molecule has 100 valence electrons. The summed E-state index contributed by atoms with van der Waals surface area (Å²) in [5, 5.41) is 22.7. The molecule has 0 bridgehead atoms. The van der Waals surface area contributed by atoms with Gasteiger partial charge in [0.25, 0.3) is 0 Å². The maximum absolute atomic E-state index is 11.5. The van der Waals surface area contributed by atoms with Gasteiger partial charge in [-0.2, -0.15) is 0 Å². The van der Waals surface area contributed by atoms with E-state index in [1.165, 1.54) is 16.8 Å². The second-order valence-corrected chi connectivity index (χ2v) is 4.84. The second kappa shape index (κ2) is 6.26. The lowest BCUT2D eigenvalue weighted by Crippen LogP contribution is -2.32. The van der Waals surface area contributed by atoms with Gasteiger partial charge in [0.1, 0.15) is 5.51 Å². The van der Waals surface area contributed by atoms with E-state index in [1.807, 2.05) is 31.2 Å². The number of carbonyl (C=O) groups is 1. The van der Waals surface area contributed by atoms with E-state index in [4.69, 9.17) is 0 Å². The maximum atomic E-state index is 11.5. The molecule has 0 saturated carbocycles. The highest BCUT2D eigenvalue weighted by Gasteiger charge is 2.10. The van der Waals surface area contributed by atoms with Gasteiger partial charge in [-0.15, -0.1) is 10.2 Å². The number of nitrogens with zero attached hydrogens (tertiary/aromatic N) is 2. The zero-order valence-corrected chi connectivity index (χ0v) is 11.1. The number of urea groups is 1. The minimum Gasteiger partial charge on any atom is -0.387 e. The van der Waals surface area contributed by atoms with E-state index in [2.05, 4.69) is 20.8 Å². The van der Waals surface area contributed by atoms with Crippen LogP contribution in [0.5, 0.6) is 0 Å². The van der Waals surface area contributed by atoms with Crippen LogP contribution in [0.4, 0.5) is 9.93 Å². The van der Waals surface area contributed by atoms with Crippen molar-refractivity contribution < 1.29 is 9.90 Å². The number of aliphatic hydroxyl groups excluding tert-OH is 1. The van der Waals surface area contributed by atoms with Gasteiger partial charge in [0.05, 0.1) is 6.10 Å². The number of anilines is 1. The molecule has 0 spiro atoms. The van der Waals surface area contributed by atoms with Crippen LogP contribution in [0.15, 0.2) is 29.8 Å². The summed E-state index contributed by atoms with van der Waals surface area (Å²) in [4.78, 5) is 11.5. The first-order valence-corrected chi connectivity index (χ1v) is 6.59. The molecule has 1 atom stereocenters. The van der Waals surface area contributed by atoms with Crippen molar-refractivity contribution in [3.05, 3.63) is 40.9 Å². The Bertz CT molecular complexity index is 527. The predicted molar refractivity (Wildman–Crippen MR) is 73.1 cm³/mol. The van der Waals surface area contributed by atoms with Crippen molar-refractivity contribution in [2.24, 2.45) is 0 Å². The van der Waals surface area contributed by atoms with Crippen LogP contribution in [0.25, 0.3) is 0 Å². The number of carbonyl (C=O) groups excluding carboxylic acids is 1. The molecule has 1 aromatic heterocycles. The Morgan fingerprint density at radius 3 is 2.79 bits per heavy atom. The fourth-order valence-electron chi connectivity index (χ4n) is 1.46. The molecule has 19 heavy (non-hydrogen) atoms. The average molecular weight is 278 g/mol. The number of aryl methyl sites for hydroxylation is 1. The standard InChI is InChI=1S/C12H14N4O2S/c1-8-2-4-9(5-3-8)10(17)6-13-11(18)15-12-16-14-7-19-12/h2-5,7,10,17H,6H2,1H3,(H2,13,15,16,18). The summed E-state index contributed by atoms with van der Waals surface area (Å²) in [5.74, 6) is 0. The van der Waals surface area contributed by atoms with E-state index in [9.17, 15) is 9.90 Å². The van der Waals surface area contributed by atoms with Gasteiger partial charge in [-0.1, -0.05) is 41.2 Å². The van der Waals surface area contributed by atoms with Crippen molar-refractivity contribution >= 4 is 22.5 Å². The maximum Gasteiger partial charge on any atom is 0.321 e. The molecule has 0 saturated heterocycles. The van der Waals surface area contributed by atoms with Crippen LogP contribution in [0, 0.1) is 6.92 Å². The Hall–Kier alpha value is -1.99. The largest absolute Gasteiger partial charge is 0.387 e. The van der Waals surface area contributed by atoms with Crippen molar-refractivity contribution in [2.45, 2.75) is 13.0 Å². The van der Waals surface area contributed by atoms with Crippen LogP contribution in [-0.2, 0) is 0 Å². The zero-order valence-electron chi connectivity index (χ0n) is 10.3. The number of hydrogen-bond acceptors (Lipinski definition) is 5. The molecule has 6 nitrogen and oxygen atoms in total. The first-order chi connectivity index (χ1) is 9.15. The first-order valence-electron chi connectivity index (χ1n) is 5.71. The molecule has 1 unspecified atom stereocenters. The lowest BCUT2D eigenvalue weighted by atomic mass is 10.1. The SMILES string of the molecule is Cc1ccc(C(O)CNC(=O)Nc2nncs2)cc1. The van der Waals surface area contributed by atoms with Crippen molar-refractivity contribution in [3.8, 4) is 0 Å².